The SMILES string of the molecule is CC.CC.CC(C)C.CC(C)C.CC(C)C(=O)N1CCN(C(C)C)CC1.CC(C)NC(=O)N1CCN(C(C)C)CC1.CC(C)NC(=S)N1CCN(C(C)C)CC1.CC(C)OC(=O)N1CCN(C(C)C)CC1.CC(C)SC1CC(=O)N(C(C)C)C1=O.CC(C)c1cn(C(C)C)nn1.CC(C)c1cn(C(C)C)nn1.CC(C)n1nnc2c1CCCCCC2.CC(C)n1nnc2c1CCCCCC2. The van der Waals surface area contributed by atoms with Gasteiger partial charge in [0.05, 0.1) is 45.5 Å². The summed E-state index contributed by atoms with van der Waals surface area (Å²) in [7, 11) is 0. The van der Waals surface area contributed by atoms with Gasteiger partial charge in [0.15, 0.2) is 5.11 Å². The molecule has 31 heteroatoms. The van der Waals surface area contributed by atoms with E-state index in [-0.39, 0.29) is 53.3 Å². The van der Waals surface area contributed by atoms with Crippen LogP contribution >= 0.6 is 24.0 Å². The van der Waals surface area contributed by atoms with Gasteiger partial charge in [-0.2, -0.15) is 0 Å². The molecular weight excluding hydrogens is 1730 g/mol. The lowest BCUT2D eigenvalue weighted by Crippen LogP contribution is -2.54. The Hall–Kier alpha value is -6.41. The molecule has 11 rings (SSSR count). The molecule has 135 heavy (non-hydrogen) atoms. The molecule has 0 aromatic carbocycles. The van der Waals surface area contributed by atoms with Crippen LogP contribution in [0.1, 0.15) is 419 Å². The maximum atomic E-state index is 11.8. The van der Waals surface area contributed by atoms with E-state index in [9.17, 15) is 24.0 Å². The van der Waals surface area contributed by atoms with Crippen molar-refractivity contribution in [1.82, 2.24) is 115 Å². The van der Waals surface area contributed by atoms with Gasteiger partial charge in [0.1, 0.15) is 0 Å². The highest BCUT2D eigenvalue weighted by Crippen LogP contribution is 2.30. The summed E-state index contributed by atoms with van der Waals surface area (Å²) in [6.07, 6.45) is 19.4. The predicted molar refractivity (Wildman–Crippen MR) is 573 cm³/mol. The second-order valence-corrected chi connectivity index (χ2v) is 43.9. The Kier molecular flexibility index (Phi) is 69.6. The van der Waals surface area contributed by atoms with E-state index in [0.29, 0.717) is 83.8 Å². The molecule has 5 aliphatic heterocycles. The number of carbonyl (C=O) groups excluding carboxylic acids is 5. The van der Waals surface area contributed by atoms with Crippen LogP contribution in [-0.2, 0) is 44.8 Å². The van der Waals surface area contributed by atoms with E-state index in [1.54, 1.807) is 16.7 Å². The molecule has 1 unspecified atom stereocenters. The van der Waals surface area contributed by atoms with E-state index in [2.05, 4.69) is 280 Å². The summed E-state index contributed by atoms with van der Waals surface area (Å²) in [5, 5.41) is 40.6. The molecule has 9 heterocycles. The Balaban J connectivity index is 0. The Bertz CT molecular complexity index is 3420. The zero-order valence-corrected chi connectivity index (χ0v) is 95.9. The van der Waals surface area contributed by atoms with Gasteiger partial charge in [0, 0.05) is 196 Å². The van der Waals surface area contributed by atoms with Crippen molar-refractivity contribution in [3.05, 3.63) is 46.6 Å². The van der Waals surface area contributed by atoms with E-state index in [1.165, 1.54) is 91.9 Å². The van der Waals surface area contributed by atoms with Crippen LogP contribution in [0.3, 0.4) is 0 Å². The number of thioether (sulfide) groups is 1. The maximum absolute atomic E-state index is 11.8. The Labute approximate surface area is 835 Å². The first-order chi connectivity index (χ1) is 63.2. The van der Waals surface area contributed by atoms with Crippen molar-refractivity contribution in [3.63, 3.8) is 0 Å². The predicted octanol–water partition coefficient (Wildman–Crippen LogP) is 21.2. The number of ether oxygens (including phenoxy) is 1. The summed E-state index contributed by atoms with van der Waals surface area (Å²) in [5.74, 6) is 3.02. The number of fused-ring (bicyclic) bond motifs is 2. The third-order valence-corrected chi connectivity index (χ3v) is 23.9. The lowest BCUT2D eigenvalue weighted by Gasteiger charge is -2.38. The summed E-state index contributed by atoms with van der Waals surface area (Å²) in [5.41, 5.74) is 7.41. The van der Waals surface area contributed by atoms with Crippen molar-refractivity contribution in [3.8, 4) is 0 Å². The van der Waals surface area contributed by atoms with Gasteiger partial charge < -0.3 is 35.0 Å². The molecule has 2 N–H and O–H groups in total. The van der Waals surface area contributed by atoms with Crippen LogP contribution in [0.15, 0.2) is 12.4 Å². The van der Waals surface area contributed by atoms with Gasteiger partial charge in [0.25, 0.3) is 0 Å². The van der Waals surface area contributed by atoms with E-state index < -0.39 is 0 Å². The van der Waals surface area contributed by atoms with E-state index >= 15 is 0 Å². The van der Waals surface area contributed by atoms with Crippen LogP contribution in [0.5, 0.6) is 0 Å². The number of rotatable bonds is 17. The summed E-state index contributed by atoms with van der Waals surface area (Å²) < 4.78 is 13.1. The average Bonchev–Trinajstić information content (AvgIpc) is 1.70. The second kappa shape index (κ2) is 71.9. The number of piperazine rings is 4. The van der Waals surface area contributed by atoms with Crippen molar-refractivity contribution < 1.29 is 28.7 Å². The number of thiocarbonyl (C=S) groups is 1. The zero-order valence-electron chi connectivity index (χ0n) is 94.3. The highest BCUT2D eigenvalue weighted by molar-refractivity contribution is 8.01. The topological polar surface area (TPSA) is 271 Å². The molecule has 786 valence electrons. The largest absolute Gasteiger partial charge is 0.447 e. The average molecular weight is 1940 g/mol. The lowest BCUT2D eigenvalue weighted by atomic mass is 10.0. The number of aromatic nitrogens is 12. The molecule has 6 amide bonds. The molecule has 4 aromatic rings. The highest BCUT2D eigenvalue weighted by Gasteiger charge is 2.41. The number of nitrogens with zero attached hydrogens (tertiary/aromatic N) is 21. The van der Waals surface area contributed by atoms with E-state index in [4.69, 9.17) is 17.0 Å². The fraction of sp³-hybridized carbons (Fsp3) is 0.865. The van der Waals surface area contributed by atoms with Gasteiger partial charge in [0.2, 0.25) is 17.7 Å². The maximum Gasteiger partial charge on any atom is 0.410 e. The molecule has 0 bridgehead atoms. The summed E-state index contributed by atoms with van der Waals surface area (Å²) in [4.78, 5) is 77.3. The zero-order chi connectivity index (χ0) is 104. The fourth-order valence-electron chi connectivity index (χ4n) is 14.6. The van der Waals surface area contributed by atoms with Crippen molar-refractivity contribution in [2.24, 2.45) is 17.8 Å². The van der Waals surface area contributed by atoms with Crippen molar-refractivity contribution in [2.75, 3.05) is 105 Å². The van der Waals surface area contributed by atoms with Crippen molar-refractivity contribution in [2.45, 2.75) is 469 Å². The fourth-order valence-corrected chi connectivity index (χ4v) is 16.1. The van der Waals surface area contributed by atoms with Gasteiger partial charge in [-0.25, -0.2) is 28.3 Å². The number of carbonyl (C=O) groups is 5. The van der Waals surface area contributed by atoms with Crippen LogP contribution in [0, 0.1) is 17.8 Å². The molecule has 5 fully saturated rings. The molecule has 0 radical (unpaired) electrons. The molecule has 29 nitrogen and oxygen atoms in total. The minimum atomic E-state index is -0.173. The summed E-state index contributed by atoms with van der Waals surface area (Å²) in [6, 6.07) is 4.85. The highest BCUT2D eigenvalue weighted by atomic mass is 32.2. The van der Waals surface area contributed by atoms with Gasteiger partial charge >= 0.3 is 12.1 Å². The van der Waals surface area contributed by atoms with Crippen molar-refractivity contribution in [1.29, 1.82) is 0 Å². The molecular formula is C104H207N23O6S2. The van der Waals surface area contributed by atoms with Gasteiger partial charge in [-0.15, -0.1) is 32.2 Å². The van der Waals surface area contributed by atoms with Crippen molar-refractivity contribution >= 4 is 58.9 Å². The lowest BCUT2D eigenvalue weighted by molar-refractivity contribution is -0.140. The Morgan fingerprint density at radius 2 is 0.696 bits per heavy atom. The first kappa shape index (κ1) is 131. The van der Waals surface area contributed by atoms with Gasteiger partial charge in [-0.05, 0) is 259 Å². The van der Waals surface area contributed by atoms with Crippen LogP contribution in [-0.4, -0.2) is 303 Å². The number of likely N-dealkylation sites (tertiary alicyclic amines) is 1. The number of hydrogen-bond donors (Lipinski definition) is 2. The first-order valence-corrected chi connectivity index (χ1v) is 54.1. The van der Waals surface area contributed by atoms with Crippen LogP contribution in [0.4, 0.5) is 9.59 Å². The van der Waals surface area contributed by atoms with Gasteiger partial charge in [-0.3, -0.25) is 38.9 Å². The third-order valence-electron chi connectivity index (χ3n) is 22.2. The third kappa shape index (κ3) is 54.8. The van der Waals surface area contributed by atoms with Crippen LogP contribution < -0.4 is 10.6 Å². The first-order valence-electron chi connectivity index (χ1n) is 52.7. The number of hydrogen-bond acceptors (Lipinski definition) is 20. The molecule has 4 aromatic heterocycles. The van der Waals surface area contributed by atoms with Crippen LogP contribution in [0.2, 0.25) is 0 Å². The Morgan fingerprint density at radius 1 is 0.378 bits per heavy atom. The Morgan fingerprint density at radius 3 is 0.956 bits per heavy atom. The number of amides is 6. The molecule has 0 spiro atoms. The standard InChI is InChI=1S/C11H23N3O.C11H23N3S.2C11H19N3.C11H22N2O2.C11H22N2O.C10H17NO2S.2C8H15N3.2C4H10.2C2H6/c2*1-9(2)12-11(15)14-7-5-13(6-8-14)10(3)4;2*1-9(2)14-11-8-6-4-3-5-7-10(11)12-13-14;1-9(2)12-5-7-13(8-6-12)11(14)15-10(3)4;1-9(2)11(14)13-7-5-12(6-8-13)10(3)4;1-6(2)11-9(12)5-8(10(11)13)14-7(3)4;2*1-6(2)8-5-11(7(3)4)10-9-8;2*1-4(2)3;2*1-2/h2*9-10H,5-8H2,1-4H3,(H,12,15);2*9H,3-8H2,1-2H3;9-10H,5-8H2,1-4H3;9-10H,5-8H2,1-4H3;6-8H,5H2,1-4H3;2*5-7H,1-4H3;2*4H,1-3H3;2*1-2H3. The molecule has 2 aliphatic carbocycles. The molecule has 7 aliphatic rings. The van der Waals surface area contributed by atoms with E-state index in [0.717, 1.165) is 146 Å². The quantitative estimate of drug-likeness (QED) is 0.0734. The number of urea groups is 1. The summed E-state index contributed by atoms with van der Waals surface area (Å²) in [6.45, 7) is 103. The number of imide groups is 1. The van der Waals surface area contributed by atoms with Crippen LogP contribution in [0.25, 0.3) is 0 Å². The number of aryl methyl sites for hydroxylation is 2. The molecule has 5 saturated heterocycles. The molecule has 1 atom stereocenters. The summed E-state index contributed by atoms with van der Waals surface area (Å²) >= 11 is 6.93. The smallest absolute Gasteiger partial charge is 0.410 e. The normalized spacial score (nSPS) is 16.8. The second-order valence-electron chi connectivity index (χ2n) is 41.8. The minimum absolute atomic E-state index is 0.00670. The number of nitrogens with one attached hydrogen (secondary N) is 2. The minimum Gasteiger partial charge on any atom is -0.447 e. The monoisotopic (exact) mass is 1940 g/mol. The van der Waals surface area contributed by atoms with Gasteiger partial charge in [-0.1, -0.05) is 171 Å². The van der Waals surface area contributed by atoms with E-state index in [1.807, 2.05) is 128 Å². The molecule has 0 saturated carbocycles.